The fourth-order valence-corrected chi connectivity index (χ4v) is 2.01. The van der Waals surface area contributed by atoms with Gasteiger partial charge in [0.1, 0.15) is 5.75 Å². The quantitative estimate of drug-likeness (QED) is 0.923. The monoisotopic (exact) mass is 263 g/mol. The van der Waals surface area contributed by atoms with Gasteiger partial charge in [0, 0.05) is 5.56 Å². The smallest absolute Gasteiger partial charge is 0.164 e. The highest BCUT2D eigenvalue weighted by Gasteiger charge is 2.28. The number of halogens is 2. The van der Waals surface area contributed by atoms with Crippen molar-refractivity contribution in [1.82, 2.24) is 0 Å². The van der Waals surface area contributed by atoms with Crippen LogP contribution < -0.4 is 10.5 Å². The molecule has 0 heterocycles. The second-order valence-corrected chi connectivity index (χ2v) is 4.54. The zero-order valence-electron chi connectivity index (χ0n) is 10.8. The fourth-order valence-electron chi connectivity index (χ4n) is 2.01. The number of hydrogen-bond acceptors (Lipinski definition) is 2. The molecular weight excluding hydrogens is 248 g/mol. The van der Waals surface area contributed by atoms with E-state index in [1.807, 2.05) is 0 Å². The van der Waals surface area contributed by atoms with Crippen molar-refractivity contribution in [2.45, 2.75) is 12.5 Å². The molecule has 4 heteroatoms. The van der Waals surface area contributed by atoms with Gasteiger partial charge in [0.05, 0.1) is 12.6 Å². The van der Waals surface area contributed by atoms with Crippen LogP contribution in [0.4, 0.5) is 8.78 Å². The molecule has 2 aromatic rings. The zero-order chi connectivity index (χ0) is 14.0. The largest absolute Gasteiger partial charge is 0.497 e. The van der Waals surface area contributed by atoms with E-state index in [-0.39, 0.29) is 5.56 Å². The van der Waals surface area contributed by atoms with Gasteiger partial charge in [-0.2, -0.15) is 0 Å². The summed E-state index contributed by atoms with van der Waals surface area (Å²) in [5.74, 6) is -1.21. The Morgan fingerprint density at radius 3 is 2.47 bits per heavy atom. The van der Waals surface area contributed by atoms with Crippen LogP contribution in [0.25, 0.3) is 0 Å². The Balaban J connectivity index is 2.54. The molecule has 0 aromatic heterocycles. The van der Waals surface area contributed by atoms with E-state index in [2.05, 4.69) is 0 Å². The molecule has 19 heavy (non-hydrogen) atoms. The molecule has 1 unspecified atom stereocenters. The predicted octanol–water partition coefficient (Wildman–Crippen LogP) is 3.20. The van der Waals surface area contributed by atoms with Crippen LogP contribution in [-0.2, 0) is 5.54 Å². The molecule has 0 saturated heterocycles. The first-order valence-electron chi connectivity index (χ1n) is 5.84. The van der Waals surface area contributed by atoms with E-state index >= 15 is 0 Å². The van der Waals surface area contributed by atoms with Gasteiger partial charge >= 0.3 is 0 Å². The van der Waals surface area contributed by atoms with Crippen LogP contribution in [0.15, 0.2) is 42.5 Å². The minimum atomic E-state index is -1.14. The lowest BCUT2D eigenvalue weighted by Gasteiger charge is -2.26. The first-order valence-corrected chi connectivity index (χ1v) is 5.84. The van der Waals surface area contributed by atoms with E-state index in [9.17, 15) is 8.78 Å². The van der Waals surface area contributed by atoms with Crippen LogP contribution in [0.5, 0.6) is 5.75 Å². The molecule has 2 rings (SSSR count). The van der Waals surface area contributed by atoms with Crippen LogP contribution in [0.1, 0.15) is 18.1 Å². The van der Waals surface area contributed by atoms with Crippen molar-refractivity contribution in [2.24, 2.45) is 5.73 Å². The highest BCUT2D eigenvalue weighted by molar-refractivity contribution is 5.41. The van der Waals surface area contributed by atoms with Crippen molar-refractivity contribution in [3.8, 4) is 5.75 Å². The fraction of sp³-hybridized carbons (Fsp3) is 0.200. The second kappa shape index (κ2) is 4.97. The standard InChI is InChI=1S/C15H15F2NO/c1-15(18,10-5-3-6-11(9-10)19-2)12-7-4-8-13(16)14(12)17/h3-9H,18H2,1-2H3. The molecular formula is C15H15F2NO. The second-order valence-electron chi connectivity index (χ2n) is 4.54. The van der Waals surface area contributed by atoms with Crippen LogP contribution in [-0.4, -0.2) is 7.11 Å². The Morgan fingerprint density at radius 1 is 1.11 bits per heavy atom. The summed E-state index contributed by atoms with van der Waals surface area (Å²) >= 11 is 0. The van der Waals surface area contributed by atoms with Crippen molar-refractivity contribution in [3.63, 3.8) is 0 Å². The molecule has 100 valence electrons. The van der Waals surface area contributed by atoms with Gasteiger partial charge in [0.25, 0.3) is 0 Å². The van der Waals surface area contributed by atoms with Gasteiger partial charge in [0.15, 0.2) is 11.6 Å². The average Bonchev–Trinajstić information content (AvgIpc) is 2.41. The van der Waals surface area contributed by atoms with E-state index in [0.29, 0.717) is 11.3 Å². The van der Waals surface area contributed by atoms with Crippen LogP contribution >= 0.6 is 0 Å². The van der Waals surface area contributed by atoms with Crippen molar-refractivity contribution in [3.05, 3.63) is 65.2 Å². The average molecular weight is 263 g/mol. The molecule has 0 radical (unpaired) electrons. The van der Waals surface area contributed by atoms with Crippen molar-refractivity contribution in [1.29, 1.82) is 0 Å². The molecule has 2 aromatic carbocycles. The molecule has 0 spiro atoms. The number of rotatable bonds is 3. The molecule has 0 amide bonds. The SMILES string of the molecule is COc1cccc(C(C)(N)c2cccc(F)c2F)c1. The maximum atomic E-state index is 13.9. The number of nitrogens with two attached hydrogens (primary N) is 1. The molecule has 2 N–H and O–H groups in total. The third-order valence-corrected chi connectivity index (χ3v) is 3.18. The summed E-state index contributed by atoms with van der Waals surface area (Å²) in [4.78, 5) is 0. The van der Waals surface area contributed by atoms with E-state index < -0.39 is 17.2 Å². The Labute approximate surface area is 110 Å². The summed E-state index contributed by atoms with van der Waals surface area (Å²) in [5.41, 5.74) is 5.81. The minimum Gasteiger partial charge on any atom is -0.497 e. The highest BCUT2D eigenvalue weighted by Crippen LogP contribution is 2.31. The van der Waals surface area contributed by atoms with Gasteiger partial charge in [0.2, 0.25) is 0 Å². The Kier molecular flexibility index (Phi) is 3.53. The summed E-state index contributed by atoms with van der Waals surface area (Å²) in [6.07, 6.45) is 0. The van der Waals surface area contributed by atoms with Gasteiger partial charge in [-0.25, -0.2) is 8.78 Å². The molecule has 0 bridgehead atoms. The zero-order valence-corrected chi connectivity index (χ0v) is 10.8. The van der Waals surface area contributed by atoms with Crippen LogP contribution in [0.2, 0.25) is 0 Å². The molecule has 0 aliphatic rings. The first kappa shape index (κ1) is 13.5. The van der Waals surface area contributed by atoms with Gasteiger partial charge in [-0.15, -0.1) is 0 Å². The van der Waals surface area contributed by atoms with Crippen molar-refractivity contribution < 1.29 is 13.5 Å². The van der Waals surface area contributed by atoms with E-state index in [1.54, 1.807) is 31.2 Å². The summed E-state index contributed by atoms with van der Waals surface area (Å²) in [6.45, 7) is 1.64. The predicted molar refractivity (Wildman–Crippen MR) is 70.0 cm³/mol. The lowest BCUT2D eigenvalue weighted by molar-refractivity contribution is 0.412. The third-order valence-electron chi connectivity index (χ3n) is 3.18. The molecule has 0 saturated carbocycles. The Hall–Kier alpha value is -1.94. The summed E-state index contributed by atoms with van der Waals surface area (Å²) in [7, 11) is 1.54. The van der Waals surface area contributed by atoms with Gasteiger partial charge in [-0.3, -0.25) is 0 Å². The number of hydrogen-bond donors (Lipinski definition) is 1. The number of ether oxygens (including phenoxy) is 1. The minimum absolute atomic E-state index is 0.112. The first-order chi connectivity index (χ1) is 8.96. The maximum Gasteiger partial charge on any atom is 0.164 e. The Bertz CT molecular complexity index is 596. The maximum absolute atomic E-state index is 13.9. The van der Waals surface area contributed by atoms with E-state index in [4.69, 9.17) is 10.5 Å². The molecule has 0 fully saturated rings. The summed E-state index contributed by atoms with van der Waals surface area (Å²) < 4.78 is 32.3. The third kappa shape index (κ3) is 2.44. The Morgan fingerprint density at radius 2 is 1.79 bits per heavy atom. The van der Waals surface area contributed by atoms with Crippen molar-refractivity contribution in [2.75, 3.05) is 7.11 Å². The van der Waals surface area contributed by atoms with Crippen LogP contribution in [0.3, 0.4) is 0 Å². The van der Waals surface area contributed by atoms with Gasteiger partial charge in [-0.05, 0) is 30.7 Å². The number of methoxy groups -OCH3 is 1. The number of benzene rings is 2. The molecule has 0 aliphatic heterocycles. The summed E-state index contributed by atoms with van der Waals surface area (Å²) in [6, 6.07) is 11.0. The lowest BCUT2D eigenvalue weighted by atomic mass is 9.85. The lowest BCUT2D eigenvalue weighted by Crippen LogP contribution is -2.35. The molecule has 1 atom stereocenters. The molecule has 2 nitrogen and oxygen atoms in total. The van der Waals surface area contributed by atoms with E-state index in [0.717, 1.165) is 6.07 Å². The normalized spacial score (nSPS) is 13.9. The van der Waals surface area contributed by atoms with Crippen LogP contribution in [0, 0.1) is 11.6 Å². The summed E-state index contributed by atoms with van der Waals surface area (Å²) in [5, 5.41) is 0. The molecule has 0 aliphatic carbocycles. The van der Waals surface area contributed by atoms with Gasteiger partial charge in [-0.1, -0.05) is 24.3 Å². The highest BCUT2D eigenvalue weighted by atomic mass is 19.2. The van der Waals surface area contributed by atoms with Gasteiger partial charge < -0.3 is 10.5 Å². The van der Waals surface area contributed by atoms with E-state index in [1.165, 1.54) is 19.2 Å². The van der Waals surface area contributed by atoms with Crippen molar-refractivity contribution >= 4 is 0 Å². The topological polar surface area (TPSA) is 35.2 Å².